The van der Waals surface area contributed by atoms with E-state index in [0.29, 0.717) is 29.9 Å². The first-order valence-electron chi connectivity index (χ1n) is 13.1. The van der Waals surface area contributed by atoms with Crippen molar-refractivity contribution in [3.05, 3.63) is 89.0 Å². The Bertz CT molecular complexity index is 1340. The maximum atomic E-state index is 13.2. The molecule has 0 bridgehead atoms. The number of nitrogens with one attached hydrogen (secondary N) is 1. The van der Waals surface area contributed by atoms with E-state index in [1.54, 1.807) is 0 Å². The number of rotatable bonds is 5. The zero-order valence-corrected chi connectivity index (χ0v) is 24.5. The van der Waals surface area contributed by atoms with Crippen molar-refractivity contribution < 1.29 is 42.8 Å². The predicted octanol–water partition coefficient (Wildman–Crippen LogP) is 3.28. The summed E-state index contributed by atoms with van der Waals surface area (Å²) in [6.45, 7) is 3.54. The van der Waals surface area contributed by atoms with E-state index in [4.69, 9.17) is 4.74 Å². The van der Waals surface area contributed by atoms with Crippen LogP contribution in [0.5, 0.6) is 5.75 Å². The third-order valence-corrected chi connectivity index (χ3v) is 7.68. The number of benzene rings is 3. The van der Waals surface area contributed by atoms with Crippen LogP contribution in [0.3, 0.4) is 0 Å². The molecule has 0 aliphatic carbocycles. The highest BCUT2D eigenvalue weighted by molar-refractivity contribution is 6.07. The van der Waals surface area contributed by atoms with Gasteiger partial charge in [0, 0.05) is 35.2 Å². The second-order valence-electron chi connectivity index (χ2n) is 10.8. The van der Waals surface area contributed by atoms with Crippen LogP contribution in [0, 0.1) is 6.92 Å². The Labute approximate surface area is 242 Å². The molecule has 2 heterocycles. The number of ketones is 1. The molecule has 2 aliphatic heterocycles. The largest absolute Gasteiger partial charge is 1.00 e. The maximum absolute atomic E-state index is 13.2. The average molecular weight is 623 g/mol. The fraction of sp³-hybridized carbons (Fsp3) is 0.312. The smallest absolute Gasteiger partial charge is 0.251 e. The molecule has 3 aromatic carbocycles. The molecule has 5 nitrogen and oxygen atoms in total. The van der Waals surface area contributed by atoms with Crippen LogP contribution in [-0.4, -0.2) is 49.5 Å². The number of amides is 1. The van der Waals surface area contributed by atoms with E-state index in [1.807, 2.05) is 36.4 Å². The summed E-state index contributed by atoms with van der Waals surface area (Å²) in [6, 6.07) is 21.8. The number of anilines is 1. The van der Waals surface area contributed by atoms with E-state index in [9.17, 15) is 9.59 Å². The lowest BCUT2D eigenvalue weighted by molar-refractivity contribution is -0.910. The number of likely N-dealkylation sites (tertiary alicyclic amines) is 1. The van der Waals surface area contributed by atoms with E-state index in [-0.39, 0.29) is 41.7 Å². The zero-order valence-electron chi connectivity index (χ0n) is 22.3. The van der Waals surface area contributed by atoms with Gasteiger partial charge in [0.1, 0.15) is 5.75 Å². The van der Waals surface area contributed by atoms with Crippen LogP contribution in [0.1, 0.15) is 47.2 Å². The summed E-state index contributed by atoms with van der Waals surface area (Å²) in [7, 11) is 4.28. The fourth-order valence-electron chi connectivity index (χ4n) is 5.36. The fourth-order valence-corrected chi connectivity index (χ4v) is 5.36. The number of carbonyl (C=O) groups is 2. The number of aryl methyl sites for hydroxylation is 1. The van der Waals surface area contributed by atoms with Gasteiger partial charge in [0.05, 0.1) is 27.2 Å². The molecular weight excluding hydrogens is 587 g/mol. The maximum Gasteiger partial charge on any atom is 0.251 e. The summed E-state index contributed by atoms with van der Waals surface area (Å²) < 4.78 is 6.67. The van der Waals surface area contributed by atoms with Crippen LogP contribution < -0.4 is 34.0 Å². The second kappa shape index (κ2) is 11.8. The molecule has 2 aliphatic rings. The predicted molar refractivity (Wildman–Crippen MR) is 149 cm³/mol. The third kappa shape index (κ3) is 6.18. The molecule has 6 heteroatoms. The number of halogens is 1. The van der Waals surface area contributed by atoms with Gasteiger partial charge in [-0.05, 0) is 73.4 Å². The van der Waals surface area contributed by atoms with Crippen molar-refractivity contribution in [1.82, 2.24) is 0 Å². The zero-order chi connectivity index (χ0) is 26.0. The molecule has 1 unspecified atom stereocenters. The van der Waals surface area contributed by atoms with E-state index in [2.05, 4.69) is 62.7 Å². The number of hydrogen-bond donors (Lipinski definition) is 1. The van der Waals surface area contributed by atoms with Crippen LogP contribution in [0.4, 0.5) is 5.69 Å². The van der Waals surface area contributed by atoms with Crippen molar-refractivity contribution in [2.45, 2.75) is 38.6 Å². The standard InChI is InChI=1S/C32H34N2O3.HI/c1-22-7-9-23(10-8-22)25-13-16-30-27(20-25)21-26(17-19-37-30)32(36)33-28-14-11-24(12-15-28)31(35)29-6-4-5-18-34(29,2)3;/h7-16,20-21,29H,4-6,17-19H2,1-3H3;1H. The Morgan fingerprint density at radius 3 is 2.34 bits per heavy atom. The van der Waals surface area contributed by atoms with Gasteiger partial charge in [-0.25, -0.2) is 0 Å². The Morgan fingerprint density at radius 1 is 0.921 bits per heavy atom. The van der Waals surface area contributed by atoms with Crippen molar-refractivity contribution in [3.63, 3.8) is 0 Å². The van der Waals surface area contributed by atoms with Gasteiger partial charge in [0.2, 0.25) is 5.78 Å². The first-order valence-corrected chi connectivity index (χ1v) is 13.1. The van der Waals surface area contributed by atoms with Gasteiger partial charge in [-0.15, -0.1) is 0 Å². The Hall–Kier alpha value is -2.97. The first kappa shape index (κ1) is 28.0. The van der Waals surface area contributed by atoms with Crippen molar-refractivity contribution in [1.29, 1.82) is 0 Å². The minimum absolute atomic E-state index is 0. The number of likely N-dealkylation sites (N-methyl/N-ethyl adjacent to an activating group) is 1. The number of Topliss-reactive ketones (excluding diaryl/α,β-unsaturated/α-hetero) is 1. The number of piperidine rings is 1. The molecule has 1 saturated heterocycles. The number of carbonyl (C=O) groups excluding carboxylic acids is 2. The van der Waals surface area contributed by atoms with Gasteiger partial charge in [-0.2, -0.15) is 0 Å². The summed E-state index contributed by atoms with van der Waals surface area (Å²) in [6.07, 6.45) is 5.64. The SMILES string of the molecule is Cc1ccc(-c2ccc3c(c2)C=C(C(=O)Nc2ccc(C(=O)C4CCCC[N+]4(C)C)cc2)CCO3)cc1.[I-]. The van der Waals surface area contributed by atoms with Gasteiger partial charge in [-0.1, -0.05) is 35.9 Å². The average Bonchev–Trinajstić information content (AvgIpc) is 3.11. The number of hydrogen-bond acceptors (Lipinski definition) is 3. The van der Waals surface area contributed by atoms with E-state index < -0.39 is 0 Å². The Balaban J connectivity index is 0.00000336. The normalized spacial score (nSPS) is 18.1. The van der Waals surface area contributed by atoms with Crippen molar-refractivity contribution in [2.75, 3.05) is 32.6 Å². The van der Waals surface area contributed by atoms with E-state index >= 15 is 0 Å². The van der Waals surface area contributed by atoms with Gasteiger partial charge in [0.15, 0.2) is 6.04 Å². The Morgan fingerprint density at radius 2 is 1.63 bits per heavy atom. The summed E-state index contributed by atoms with van der Waals surface area (Å²) in [4.78, 5) is 26.3. The molecule has 5 rings (SSSR count). The topological polar surface area (TPSA) is 55.4 Å². The lowest BCUT2D eigenvalue weighted by atomic mass is 9.93. The molecule has 1 atom stereocenters. The minimum Gasteiger partial charge on any atom is -1.00 e. The van der Waals surface area contributed by atoms with E-state index in [0.717, 1.165) is 46.3 Å². The van der Waals surface area contributed by atoms with Crippen LogP contribution in [0.25, 0.3) is 17.2 Å². The molecule has 0 spiro atoms. The molecule has 3 aromatic rings. The summed E-state index contributed by atoms with van der Waals surface area (Å²) in [5.74, 6) is 0.819. The van der Waals surface area contributed by atoms with Gasteiger partial charge in [-0.3, -0.25) is 9.59 Å². The van der Waals surface area contributed by atoms with Crippen LogP contribution in [-0.2, 0) is 4.79 Å². The molecule has 1 N–H and O–H groups in total. The molecule has 0 radical (unpaired) electrons. The molecule has 0 aromatic heterocycles. The highest BCUT2D eigenvalue weighted by Gasteiger charge is 2.37. The van der Waals surface area contributed by atoms with Gasteiger partial charge < -0.3 is 38.5 Å². The van der Waals surface area contributed by atoms with Crippen LogP contribution in [0.15, 0.2) is 72.3 Å². The number of nitrogens with zero attached hydrogens (tertiary/aromatic N) is 1. The molecule has 38 heavy (non-hydrogen) atoms. The lowest BCUT2D eigenvalue weighted by Crippen LogP contribution is -3.00. The highest BCUT2D eigenvalue weighted by Crippen LogP contribution is 2.32. The van der Waals surface area contributed by atoms with Crippen molar-refractivity contribution in [3.8, 4) is 16.9 Å². The molecular formula is C32H35IN2O3. The summed E-state index contributed by atoms with van der Waals surface area (Å²) in [5.41, 5.74) is 6.38. The van der Waals surface area contributed by atoms with Crippen molar-refractivity contribution in [2.24, 2.45) is 0 Å². The number of ether oxygens (including phenoxy) is 1. The molecule has 0 saturated carbocycles. The van der Waals surface area contributed by atoms with Crippen LogP contribution >= 0.6 is 0 Å². The van der Waals surface area contributed by atoms with Gasteiger partial charge >= 0.3 is 0 Å². The quantitative estimate of drug-likeness (QED) is 0.270. The van der Waals surface area contributed by atoms with Crippen molar-refractivity contribution >= 4 is 23.5 Å². The molecule has 1 fully saturated rings. The number of quaternary nitrogens is 1. The van der Waals surface area contributed by atoms with Crippen LogP contribution in [0.2, 0.25) is 0 Å². The minimum atomic E-state index is -0.152. The third-order valence-electron chi connectivity index (χ3n) is 7.68. The Kier molecular flexibility index (Phi) is 8.73. The van der Waals surface area contributed by atoms with E-state index in [1.165, 1.54) is 12.0 Å². The monoisotopic (exact) mass is 622 g/mol. The second-order valence-corrected chi connectivity index (χ2v) is 10.8. The molecule has 198 valence electrons. The number of fused-ring (bicyclic) bond motifs is 1. The summed E-state index contributed by atoms with van der Waals surface area (Å²) >= 11 is 0. The highest BCUT2D eigenvalue weighted by atomic mass is 127. The first-order chi connectivity index (χ1) is 17.8. The van der Waals surface area contributed by atoms with Gasteiger partial charge in [0.25, 0.3) is 5.91 Å². The molecule has 1 amide bonds. The lowest BCUT2D eigenvalue weighted by Gasteiger charge is -2.40. The summed E-state index contributed by atoms with van der Waals surface area (Å²) in [5, 5.41) is 3.01.